The molecule has 0 aromatic heterocycles. The van der Waals surface area contributed by atoms with Gasteiger partial charge in [-0.15, -0.1) is 0 Å². The van der Waals surface area contributed by atoms with Gasteiger partial charge >= 0.3 is 0 Å². The van der Waals surface area contributed by atoms with E-state index in [4.69, 9.17) is 32.7 Å². The van der Waals surface area contributed by atoms with Crippen LogP contribution in [-0.4, -0.2) is 13.2 Å². The Labute approximate surface area is 197 Å². The van der Waals surface area contributed by atoms with E-state index in [2.05, 4.69) is 33.4 Å². The first kappa shape index (κ1) is 23.5. The number of hydrogen-bond acceptors (Lipinski definition) is 3. The molecule has 162 valence electrons. The van der Waals surface area contributed by atoms with E-state index in [1.165, 1.54) is 25.7 Å². The van der Waals surface area contributed by atoms with Crippen molar-refractivity contribution in [1.82, 2.24) is 5.32 Å². The summed E-state index contributed by atoms with van der Waals surface area (Å²) < 4.78 is 12.8. The zero-order chi connectivity index (χ0) is 21.3. The highest BCUT2D eigenvalue weighted by Crippen LogP contribution is 2.37. The second kappa shape index (κ2) is 12.0. The van der Waals surface area contributed by atoms with Gasteiger partial charge in [0.05, 0.1) is 21.1 Å². The topological polar surface area (TPSA) is 30.5 Å². The van der Waals surface area contributed by atoms with Gasteiger partial charge in [-0.25, -0.2) is 0 Å². The summed E-state index contributed by atoms with van der Waals surface area (Å²) in [5.74, 6) is 1.43. The van der Waals surface area contributed by atoms with Crippen molar-refractivity contribution >= 4 is 39.1 Å². The van der Waals surface area contributed by atoms with E-state index >= 15 is 0 Å². The molecule has 2 aromatic rings. The van der Waals surface area contributed by atoms with Crippen molar-refractivity contribution < 1.29 is 9.47 Å². The summed E-state index contributed by atoms with van der Waals surface area (Å²) in [7, 11) is 0. The molecule has 3 rings (SSSR count). The standard InChI is InChI=1S/C24H28BrCl2NO2/c1-2-29-23-14-19(15-28-11-10-17-6-4-3-5-7-17)12-20(25)24(23)30-16-18-8-9-21(26)22(27)13-18/h6,8-9,12-14,28H,2-5,7,10-11,15-16H2,1H3. The van der Waals surface area contributed by atoms with Crippen LogP contribution in [0.5, 0.6) is 11.5 Å². The van der Waals surface area contributed by atoms with Gasteiger partial charge in [-0.3, -0.25) is 0 Å². The summed E-state index contributed by atoms with van der Waals surface area (Å²) in [6.45, 7) is 4.70. The third kappa shape index (κ3) is 6.91. The average molecular weight is 513 g/mol. The smallest absolute Gasteiger partial charge is 0.175 e. The van der Waals surface area contributed by atoms with Crippen LogP contribution in [0.2, 0.25) is 10.0 Å². The molecule has 3 nitrogen and oxygen atoms in total. The summed E-state index contributed by atoms with van der Waals surface area (Å²) >= 11 is 15.8. The van der Waals surface area contributed by atoms with Crippen LogP contribution in [-0.2, 0) is 13.2 Å². The molecule has 6 heteroatoms. The Morgan fingerprint density at radius 1 is 1.03 bits per heavy atom. The number of halogens is 3. The summed E-state index contributed by atoms with van der Waals surface area (Å²) in [4.78, 5) is 0. The molecule has 1 aliphatic carbocycles. The van der Waals surface area contributed by atoms with E-state index in [0.29, 0.717) is 29.0 Å². The summed E-state index contributed by atoms with van der Waals surface area (Å²) in [6, 6.07) is 9.63. The van der Waals surface area contributed by atoms with Gasteiger partial charge in [0.15, 0.2) is 11.5 Å². The van der Waals surface area contributed by atoms with Gasteiger partial charge in [0.1, 0.15) is 6.61 Å². The van der Waals surface area contributed by atoms with Gasteiger partial charge in [0.2, 0.25) is 0 Å². The maximum Gasteiger partial charge on any atom is 0.175 e. The minimum Gasteiger partial charge on any atom is -0.490 e. The molecule has 1 N–H and O–H groups in total. The third-order valence-corrected chi connectivity index (χ3v) is 6.40. The highest BCUT2D eigenvalue weighted by molar-refractivity contribution is 9.10. The number of benzene rings is 2. The minimum absolute atomic E-state index is 0.377. The average Bonchev–Trinajstić information content (AvgIpc) is 2.74. The Kier molecular flexibility index (Phi) is 9.38. The second-order valence-corrected chi connectivity index (χ2v) is 9.08. The quantitative estimate of drug-likeness (QED) is 0.261. The van der Waals surface area contributed by atoms with Gasteiger partial charge in [0.25, 0.3) is 0 Å². The summed E-state index contributed by atoms with van der Waals surface area (Å²) in [5.41, 5.74) is 3.70. The van der Waals surface area contributed by atoms with Crippen molar-refractivity contribution in [2.75, 3.05) is 13.2 Å². The molecule has 0 bridgehead atoms. The van der Waals surface area contributed by atoms with Gasteiger partial charge in [0, 0.05) is 6.54 Å². The summed E-state index contributed by atoms with van der Waals surface area (Å²) in [5, 5.41) is 4.61. The third-order valence-electron chi connectivity index (χ3n) is 5.07. The van der Waals surface area contributed by atoms with Crippen molar-refractivity contribution in [3.8, 4) is 11.5 Å². The molecule has 30 heavy (non-hydrogen) atoms. The van der Waals surface area contributed by atoms with Crippen molar-refractivity contribution in [2.45, 2.75) is 52.2 Å². The highest BCUT2D eigenvalue weighted by atomic mass is 79.9. The van der Waals surface area contributed by atoms with Gasteiger partial charge in [-0.2, -0.15) is 0 Å². The van der Waals surface area contributed by atoms with Crippen LogP contribution in [0.1, 0.15) is 50.2 Å². The molecule has 1 aliphatic rings. The molecular weight excluding hydrogens is 485 g/mol. The molecule has 0 heterocycles. The predicted molar refractivity (Wildman–Crippen MR) is 129 cm³/mol. The Bertz CT molecular complexity index is 886. The molecule has 0 aliphatic heterocycles. The van der Waals surface area contributed by atoms with E-state index in [0.717, 1.165) is 40.9 Å². The van der Waals surface area contributed by atoms with Gasteiger partial charge in [-0.1, -0.05) is 40.9 Å². The molecule has 0 fully saturated rings. The van der Waals surface area contributed by atoms with E-state index < -0.39 is 0 Å². The van der Waals surface area contributed by atoms with Crippen LogP contribution in [0.3, 0.4) is 0 Å². The van der Waals surface area contributed by atoms with Crippen LogP contribution in [0.15, 0.2) is 46.5 Å². The lowest BCUT2D eigenvalue weighted by Crippen LogP contribution is -2.16. The van der Waals surface area contributed by atoms with Crippen LogP contribution < -0.4 is 14.8 Å². The lowest BCUT2D eigenvalue weighted by molar-refractivity contribution is 0.267. The Morgan fingerprint density at radius 3 is 2.63 bits per heavy atom. The maximum atomic E-state index is 6.11. The Morgan fingerprint density at radius 2 is 1.90 bits per heavy atom. The molecule has 0 spiro atoms. The van der Waals surface area contributed by atoms with Gasteiger partial charge < -0.3 is 14.8 Å². The van der Waals surface area contributed by atoms with Crippen LogP contribution in [0.4, 0.5) is 0 Å². The molecule has 0 saturated heterocycles. The molecule has 0 amide bonds. The normalized spacial score (nSPS) is 13.8. The minimum atomic E-state index is 0.377. The molecular formula is C24H28BrCl2NO2. The fourth-order valence-electron chi connectivity index (χ4n) is 3.52. The summed E-state index contributed by atoms with van der Waals surface area (Å²) in [6.07, 6.45) is 8.71. The first-order valence-electron chi connectivity index (χ1n) is 10.5. The van der Waals surface area contributed by atoms with Crippen molar-refractivity contribution in [1.29, 1.82) is 0 Å². The fraction of sp³-hybridized carbons (Fsp3) is 0.417. The predicted octanol–water partition coefficient (Wildman–Crippen LogP) is 7.71. The van der Waals surface area contributed by atoms with Crippen LogP contribution >= 0.6 is 39.1 Å². The zero-order valence-corrected chi connectivity index (χ0v) is 20.4. The number of nitrogens with one attached hydrogen (secondary N) is 1. The van der Waals surface area contributed by atoms with E-state index in [-0.39, 0.29) is 0 Å². The number of hydrogen-bond donors (Lipinski definition) is 1. The lowest BCUT2D eigenvalue weighted by atomic mass is 9.97. The molecule has 2 aromatic carbocycles. The number of ether oxygens (including phenoxy) is 2. The monoisotopic (exact) mass is 511 g/mol. The fourth-order valence-corrected chi connectivity index (χ4v) is 4.45. The number of allylic oxidation sites excluding steroid dienone is 1. The first-order chi connectivity index (χ1) is 14.6. The largest absolute Gasteiger partial charge is 0.490 e. The van der Waals surface area contributed by atoms with Crippen molar-refractivity contribution in [3.05, 3.63) is 67.6 Å². The first-order valence-corrected chi connectivity index (χ1v) is 12.0. The molecule has 0 atom stereocenters. The highest BCUT2D eigenvalue weighted by Gasteiger charge is 2.13. The van der Waals surface area contributed by atoms with Crippen LogP contribution in [0.25, 0.3) is 0 Å². The SMILES string of the molecule is CCOc1cc(CNCCC2=CCCCC2)cc(Br)c1OCc1ccc(Cl)c(Cl)c1. The Balaban J connectivity index is 1.61. The molecule has 0 radical (unpaired) electrons. The van der Waals surface area contributed by atoms with E-state index in [1.54, 1.807) is 11.6 Å². The maximum absolute atomic E-state index is 6.11. The second-order valence-electron chi connectivity index (χ2n) is 7.41. The lowest BCUT2D eigenvalue weighted by Gasteiger charge is -2.16. The molecule has 0 saturated carbocycles. The van der Waals surface area contributed by atoms with Gasteiger partial charge in [-0.05, 0) is 96.9 Å². The van der Waals surface area contributed by atoms with E-state index in [1.807, 2.05) is 25.1 Å². The zero-order valence-electron chi connectivity index (χ0n) is 17.3. The Hall–Kier alpha value is -1.20. The molecule has 0 unspecified atom stereocenters. The van der Waals surface area contributed by atoms with Crippen LogP contribution in [0, 0.1) is 0 Å². The van der Waals surface area contributed by atoms with E-state index in [9.17, 15) is 0 Å². The van der Waals surface area contributed by atoms with Crippen molar-refractivity contribution in [3.63, 3.8) is 0 Å². The van der Waals surface area contributed by atoms with Crippen molar-refractivity contribution in [2.24, 2.45) is 0 Å². The number of rotatable bonds is 10.